The number of carbonyl (C=O) groups is 1. The molecule has 2 aromatic rings. The third-order valence-corrected chi connectivity index (χ3v) is 10.8. The van der Waals surface area contributed by atoms with Crippen molar-refractivity contribution in [2.75, 3.05) is 37.4 Å². The van der Waals surface area contributed by atoms with Gasteiger partial charge in [0.25, 0.3) is 0 Å². The Bertz CT molecular complexity index is 1340. The van der Waals surface area contributed by atoms with Gasteiger partial charge in [-0.3, -0.25) is 4.79 Å². The molecule has 41 heavy (non-hydrogen) atoms. The van der Waals surface area contributed by atoms with Crippen LogP contribution in [-0.2, 0) is 26.0 Å². The van der Waals surface area contributed by atoms with E-state index in [-0.39, 0.29) is 47.3 Å². The topological polar surface area (TPSA) is 114 Å². The number of amides is 1. The number of anilines is 1. The highest BCUT2D eigenvalue weighted by Crippen LogP contribution is 2.36. The summed E-state index contributed by atoms with van der Waals surface area (Å²) < 4.78 is 62.3. The second-order valence-corrected chi connectivity index (χ2v) is 13.8. The Morgan fingerprint density at radius 3 is 2.63 bits per heavy atom. The van der Waals surface area contributed by atoms with E-state index in [4.69, 9.17) is 22.1 Å². The molecule has 0 spiro atoms. The molecule has 3 aliphatic heterocycles. The fourth-order valence-electron chi connectivity index (χ4n) is 6.44. The molecule has 8 nitrogen and oxygen atoms in total. The fraction of sp³-hybridized carbons (Fsp3) is 0.552. The number of rotatable bonds is 8. The first-order valence-corrected chi connectivity index (χ1v) is 16.2. The number of nitrogens with zero attached hydrogens (tertiary/aromatic N) is 1. The summed E-state index contributed by atoms with van der Waals surface area (Å²) >= 11 is 6.09. The van der Waals surface area contributed by atoms with Gasteiger partial charge in [-0.25, -0.2) is 17.2 Å². The maximum Gasteiger partial charge on any atom is 0.241 e. The van der Waals surface area contributed by atoms with Crippen LogP contribution < -0.4 is 16.4 Å². The number of nitrogens with two attached hydrogens (primary N) is 1. The Hall–Kier alpha value is -2.15. The van der Waals surface area contributed by atoms with Gasteiger partial charge in [-0.05, 0) is 68.2 Å². The molecule has 224 valence electrons. The summed E-state index contributed by atoms with van der Waals surface area (Å²) in [4.78, 5) is 13.5. The van der Waals surface area contributed by atoms with Crippen LogP contribution in [0.2, 0.25) is 5.02 Å². The second kappa shape index (κ2) is 13.0. The van der Waals surface area contributed by atoms with Gasteiger partial charge in [-0.15, -0.1) is 0 Å². The Kier molecular flexibility index (Phi) is 9.62. The first kappa shape index (κ1) is 30.3. The van der Waals surface area contributed by atoms with Crippen LogP contribution >= 0.6 is 11.6 Å². The molecule has 12 heteroatoms. The van der Waals surface area contributed by atoms with Crippen molar-refractivity contribution in [2.24, 2.45) is 11.7 Å². The molecule has 2 aromatic carbocycles. The number of ether oxygens (including phenoxy) is 1. The van der Waals surface area contributed by atoms with E-state index in [2.05, 4.69) is 10.6 Å². The average molecular weight is 611 g/mol. The predicted octanol–water partition coefficient (Wildman–Crippen LogP) is 3.79. The normalized spacial score (nSPS) is 26.1. The molecule has 5 rings (SSSR count). The lowest BCUT2D eigenvalue weighted by atomic mass is 9.76. The highest BCUT2D eigenvalue weighted by molar-refractivity contribution is 7.89. The zero-order chi connectivity index (χ0) is 29.1. The van der Waals surface area contributed by atoms with Gasteiger partial charge in [0.1, 0.15) is 11.6 Å². The molecule has 3 fully saturated rings. The number of carbonyl (C=O) groups excluding carboxylic acids is 1. The van der Waals surface area contributed by atoms with Gasteiger partial charge in [0.2, 0.25) is 15.9 Å². The highest BCUT2D eigenvalue weighted by atomic mass is 35.5. The summed E-state index contributed by atoms with van der Waals surface area (Å²) in [5, 5.41) is 6.66. The number of piperazine rings is 1. The van der Waals surface area contributed by atoms with Crippen molar-refractivity contribution in [3.63, 3.8) is 0 Å². The number of nitrogens with one attached hydrogen (secondary N) is 2. The smallest absolute Gasteiger partial charge is 0.241 e. The van der Waals surface area contributed by atoms with Gasteiger partial charge in [-0.1, -0.05) is 23.7 Å². The van der Waals surface area contributed by atoms with E-state index in [0.717, 1.165) is 37.0 Å². The maximum absolute atomic E-state index is 15.1. The van der Waals surface area contributed by atoms with Crippen molar-refractivity contribution in [3.05, 3.63) is 64.2 Å². The minimum atomic E-state index is -3.42. The van der Waals surface area contributed by atoms with E-state index in [1.807, 2.05) is 12.1 Å². The van der Waals surface area contributed by atoms with Crippen LogP contribution in [0, 0.1) is 17.6 Å². The van der Waals surface area contributed by atoms with Crippen LogP contribution in [-0.4, -0.2) is 68.8 Å². The van der Waals surface area contributed by atoms with Gasteiger partial charge in [0.05, 0.1) is 11.8 Å². The summed E-state index contributed by atoms with van der Waals surface area (Å²) in [6.07, 6.45) is 3.26. The van der Waals surface area contributed by atoms with E-state index >= 15 is 4.39 Å². The van der Waals surface area contributed by atoms with Crippen molar-refractivity contribution in [1.29, 1.82) is 0 Å². The molecular formula is C29H37ClF2N4O4S. The summed E-state index contributed by atoms with van der Waals surface area (Å²) in [6, 6.07) is 7.81. The molecule has 3 aliphatic rings. The van der Waals surface area contributed by atoms with Crippen LogP contribution in [0.5, 0.6) is 0 Å². The van der Waals surface area contributed by atoms with Crippen LogP contribution in [0.15, 0.2) is 36.4 Å². The van der Waals surface area contributed by atoms with Gasteiger partial charge < -0.3 is 21.1 Å². The number of benzene rings is 2. The van der Waals surface area contributed by atoms with E-state index < -0.39 is 33.6 Å². The minimum absolute atomic E-state index is 0.00477. The Morgan fingerprint density at radius 1 is 1.17 bits per heavy atom. The summed E-state index contributed by atoms with van der Waals surface area (Å²) in [6.45, 7) is 1.96. The van der Waals surface area contributed by atoms with Crippen molar-refractivity contribution < 1.29 is 26.7 Å². The molecule has 3 saturated heterocycles. The van der Waals surface area contributed by atoms with Crippen molar-refractivity contribution in [3.8, 4) is 0 Å². The monoisotopic (exact) mass is 610 g/mol. The van der Waals surface area contributed by atoms with Crippen LogP contribution in [0.4, 0.5) is 14.5 Å². The first-order chi connectivity index (χ1) is 19.6. The minimum Gasteiger partial charge on any atom is -0.381 e. The molecule has 0 saturated carbocycles. The molecule has 3 heterocycles. The quantitative estimate of drug-likeness (QED) is 0.419. The lowest BCUT2D eigenvalue weighted by Crippen LogP contribution is -2.57. The first-order valence-electron chi connectivity index (χ1n) is 14.2. The summed E-state index contributed by atoms with van der Waals surface area (Å²) in [7, 11) is -3.42. The number of hydrogen-bond acceptors (Lipinski definition) is 6. The lowest BCUT2D eigenvalue weighted by Gasteiger charge is -2.37. The lowest BCUT2D eigenvalue weighted by molar-refractivity contribution is -0.118. The largest absolute Gasteiger partial charge is 0.381 e. The summed E-state index contributed by atoms with van der Waals surface area (Å²) in [5.74, 6) is -2.37. The SMILES string of the molecule is N[C@H](C(=O)Nc1cc(F)cc(F)c1CC[C@H]1CN[C@@H]2CCCS(=O)(=O)N1C2)[C@@H](c1ccc(Cl)cc1)C1CCOCC1. The van der Waals surface area contributed by atoms with Crippen molar-refractivity contribution >= 4 is 33.2 Å². The van der Waals surface area contributed by atoms with Crippen LogP contribution in [0.3, 0.4) is 0 Å². The van der Waals surface area contributed by atoms with Crippen molar-refractivity contribution in [2.45, 2.75) is 62.6 Å². The van der Waals surface area contributed by atoms with Crippen LogP contribution in [0.1, 0.15) is 49.1 Å². The van der Waals surface area contributed by atoms with Crippen molar-refractivity contribution in [1.82, 2.24) is 9.62 Å². The van der Waals surface area contributed by atoms with Gasteiger partial charge in [0, 0.05) is 66.6 Å². The standard InChI is InChI=1S/C29H37ClF2N4O4S/c30-20-5-3-18(4-6-20)27(19-9-11-40-12-10-19)28(33)29(37)35-26-15-21(31)14-25(32)24(26)8-7-23-16-34-22-2-1-13-41(38,39)36(23)17-22/h3-6,14-15,19,22-23,27-28,34H,1-2,7-13,16-17,33H2,(H,35,37)/t22-,23+,27+,28+/m1/s1. The van der Waals surface area contributed by atoms with E-state index in [1.54, 1.807) is 12.1 Å². The molecule has 0 radical (unpaired) electrons. The Morgan fingerprint density at radius 2 is 1.90 bits per heavy atom. The van der Waals surface area contributed by atoms with E-state index in [0.29, 0.717) is 44.2 Å². The van der Waals surface area contributed by atoms with Gasteiger partial charge >= 0.3 is 0 Å². The van der Waals surface area contributed by atoms with Crippen LogP contribution in [0.25, 0.3) is 0 Å². The zero-order valence-electron chi connectivity index (χ0n) is 22.8. The number of sulfonamides is 1. The average Bonchev–Trinajstić information content (AvgIpc) is 3.06. The molecular weight excluding hydrogens is 574 g/mol. The number of hydrogen-bond donors (Lipinski definition) is 3. The molecule has 1 unspecified atom stereocenters. The maximum atomic E-state index is 15.1. The Labute approximate surface area is 245 Å². The molecule has 1 amide bonds. The van der Waals surface area contributed by atoms with Gasteiger partial charge in [0.15, 0.2) is 0 Å². The van der Waals surface area contributed by atoms with E-state index in [9.17, 15) is 17.6 Å². The third kappa shape index (κ3) is 7.09. The molecule has 2 bridgehead atoms. The van der Waals surface area contributed by atoms with E-state index in [1.165, 1.54) is 4.31 Å². The zero-order valence-corrected chi connectivity index (χ0v) is 24.4. The Balaban J connectivity index is 1.35. The summed E-state index contributed by atoms with van der Waals surface area (Å²) in [5.41, 5.74) is 7.56. The molecule has 4 N–H and O–H groups in total. The fourth-order valence-corrected chi connectivity index (χ4v) is 8.37. The molecule has 0 aromatic heterocycles. The molecule has 5 atom stereocenters. The second-order valence-electron chi connectivity index (χ2n) is 11.3. The number of fused-ring (bicyclic) bond motifs is 2. The predicted molar refractivity (Wildman–Crippen MR) is 154 cm³/mol. The third-order valence-electron chi connectivity index (χ3n) is 8.63. The number of halogens is 3. The highest BCUT2D eigenvalue weighted by Gasteiger charge is 2.38. The van der Waals surface area contributed by atoms with Gasteiger partial charge in [-0.2, -0.15) is 4.31 Å². The molecule has 0 aliphatic carbocycles.